The molecule has 0 saturated heterocycles. The van der Waals surface area contributed by atoms with Crippen LogP contribution >= 0.6 is 0 Å². The second-order valence-electron chi connectivity index (χ2n) is 4.13. The first-order valence-corrected chi connectivity index (χ1v) is 5.62. The van der Waals surface area contributed by atoms with Gasteiger partial charge in [0.15, 0.2) is 0 Å². The maximum atomic E-state index is 9.50. The number of aliphatic hydroxyl groups excluding tert-OH is 1. The minimum absolute atomic E-state index is 0.398. The number of rotatable bonds is 10. The predicted octanol–water partition coefficient (Wildman–Crippen LogP) is 0.646. The fourth-order valence-corrected chi connectivity index (χ4v) is 1.12. The molecule has 0 rings (SSSR count). The average Bonchev–Trinajstić information content (AvgIpc) is 2.17. The Hall–Kier alpha value is -0.160. The Balaban J connectivity index is 3.15. The van der Waals surface area contributed by atoms with E-state index in [2.05, 4.69) is 19.2 Å². The Morgan fingerprint density at radius 2 is 1.93 bits per heavy atom. The lowest BCUT2D eigenvalue weighted by atomic mass is 10.2. The highest BCUT2D eigenvalue weighted by molar-refractivity contribution is 4.59. The Morgan fingerprint density at radius 3 is 2.53 bits per heavy atom. The van der Waals surface area contributed by atoms with Crippen molar-refractivity contribution < 1.29 is 14.6 Å². The molecule has 0 fully saturated rings. The molecule has 2 N–H and O–H groups in total. The third-order valence-corrected chi connectivity index (χ3v) is 1.88. The molecule has 92 valence electrons. The van der Waals surface area contributed by atoms with Gasteiger partial charge in [0.05, 0.1) is 12.7 Å². The molecule has 0 aromatic heterocycles. The van der Waals surface area contributed by atoms with Gasteiger partial charge in [0.2, 0.25) is 0 Å². The number of methoxy groups -OCH3 is 1. The van der Waals surface area contributed by atoms with Crippen molar-refractivity contribution in [3.05, 3.63) is 0 Å². The van der Waals surface area contributed by atoms with Crippen molar-refractivity contribution in [1.29, 1.82) is 0 Å². The molecule has 0 amide bonds. The van der Waals surface area contributed by atoms with Gasteiger partial charge in [-0.2, -0.15) is 0 Å². The number of ether oxygens (including phenoxy) is 2. The Morgan fingerprint density at radius 1 is 1.20 bits per heavy atom. The van der Waals surface area contributed by atoms with Crippen molar-refractivity contribution in [3.8, 4) is 0 Å². The zero-order valence-corrected chi connectivity index (χ0v) is 10.2. The molecule has 15 heavy (non-hydrogen) atoms. The van der Waals surface area contributed by atoms with Gasteiger partial charge in [-0.25, -0.2) is 0 Å². The molecule has 0 aliphatic carbocycles. The van der Waals surface area contributed by atoms with Crippen molar-refractivity contribution in [3.63, 3.8) is 0 Å². The normalized spacial score (nSPS) is 13.4. The number of hydrogen-bond donors (Lipinski definition) is 2. The summed E-state index contributed by atoms with van der Waals surface area (Å²) in [6.45, 7) is 7.57. The van der Waals surface area contributed by atoms with Gasteiger partial charge in [0, 0.05) is 26.9 Å². The highest BCUT2D eigenvalue weighted by Crippen LogP contribution is 1.90. The molecule has 0 aliphatic rings. The quantitative estimate of drug-likeness (QED) is 0.530. The Labute approximate surface area is 93.0 Å². The van der Waals surface area contributed by atoms with Crippen LogP contribution in [0.5, 0.6) is 0 Å². The minimum Gasteiger partial charge on any atom is -0.389 e. The van der Waals surface area contributed by atoms with Crippen LogP contribution in [0.2, 0.25) is 0 Å². The Kier molecular flexibility index (Phi) is 10.3. The first-order chi connectivity index (χ1) is 7.16. The molecule has 0 aliphatic heterocycles. The first kappa shape index (κ1) is 14.8. The maximum Gasteiger partial charge on any atom is 0.0897 e. The smallest absolute Gasteiger partial charge is 0.0897 e. The monoisotopic (exact) mass is 219 g/mol. The van der Waals surface area contributed by atoms with Crippen LogP contribution in [-0.2, 0) is 9.47 Å². The van der Waals surface area contributed by atoms with E-state index in [0.29, 0.717) is 32.3 Å². The Bertz CT molecular complexity index is 131. The summed E-state index contributed by atoms with van der Waals surface area (Å²) in [5.74, 6) is 0.611. The van der Waals surface area contributed by atoms with Crippen molar-refractivity contribution in [2.24, 2.45) is 5.92 Å². The van der Waals surface area contributed by atoms with E-state index in [-0.39, 0.29) is 0 Å². The van der Waals surface area contributed by atoms with E-state index in [1.807, 2.05) is 0 Å². The molecular weight excluding hydrogens is 194 g/mol. The molecule has 1 atom stereocenters. The average molecular weight is 219 g/mol. The highest BCUT2D eigenvalue weighted by Gasteiger charge is 2.03. The molecule has 1 unspecified atom stereocenters. The lowest BCUT2D eigenvalue weighted by Crippen LogP contribution is -2.32. The second kappa shape index (κ2) is 10.4. The van der Waals surface area contributed by atoms with Crippen LogP contribution in [0.3, 0.4) is 0 Å². The molecule has 4 nitrogen and oxygen atoms in total. The van der Waals surface area contributed by atoms with E-state index >= 15 is 0 Å². The molecule has 0 spiro atoms. The van der Waals surface area contributed by atoms with Crippen molar-refractivity contribution in [1.82, 2.24) is 5.32 Å². The van der Waals surface area contributed by atoms with Crippen LogP contribution in [0.1, 0.15) is 20.3 Å². The van der Waals surface area contributed by atoms with E-state index in [1.54, 1.807) is 7.11 Å². The van der Waals surface area contributed by atoms with Gasteiger partial charge in [-0.05, 0) is 18.9 Å². The molecule has 0 radical (unpaired) electrons. The van der Waals surface area contributed by atoms with Crippen LogP contribution in [0.15, 0.2) is 0 Å². The van der Waals surface area contributed by atoms with Gasteiger partial charge in [0.1, 0.15) is 0 Å². The van der Waals surface area contributed by atoms with Crippen molar-refractivity contribution in [2.75, 3.05) is 40.0 Å². The van der Waals surface area contributed by atoms with Crippen LogP contribution in [-0.4, -0.2) is 51.2 Å². The zero-order valence-electron chi connectivity index (χ0n) is 10.2. The van der Waals surface area contributed by atoms with E-state index < -0.39 is 6.10 Å². The molecule has 4 heteroatoms. The summed E-state index contributed by atoms with van der Waals surface area (Å²) in [4.78, 5) is 0. The largest absolute Gasteiger partial charge is 0.389 e. The summed E-state index contributed by atoms with van der Waals surface area (Å²) in [6.07, 6.45) is 0.467. The summed E-state index contributed by atoms with van der Waals surface area (Å²) < 4.78 is 10.2. The SMILES string of the molecule is COCCCOCC(O)CNCC(C)C. The van der Waals surface area contributed by atoms with Gasteiger partial charge >= 0.3 is 0 Å². The molecule has 0 saturated carbocycles. The summed E-state index contributed by atoms with van der Waals surface area (Å²) in [6, 6.07) is 0. The highest BCUT2D eigenvalue weighted by atomic mass is 16.5. The van der Waals surface area contributed by atoms with E-state index in [0.717, 1.165) is 13.0 Å². The lowest BCUT2D eigenvalue weighted by Gasteiger charge is -2.13. The molecular formula is C11H25NO3. The van der Waals surface area contributed by atoms with Gasteiger partial charge in [-0.1, -0.05) is 13.8 Å². The third kappa shape index (κ3) is 11.8. The van der Waals surface area contributed by atoms with Gasteiger partial charge in [-0.15, -0.1) is 0 Å². The molecule has 0 bridgehead atoms. The number of hydrogen-bond acceptors (Lipinski definition) is 4. The second-order valence-corrected chi connectivity index (χ2v) is 4.13. The van der Waals surface area contributed by atoms with Gasteiger partial charge in [0.25, 0.3) is 0 Å². The minimum atomic E-state index is -0.411. The van der Waals surface area contributed by atoms with E-state index in [9.17, 15) is 5.11 Å². The zero-order chi connectivity index (χ0) is 11.5. The third-order valence-electron chi connectivity index (χ3n) is 1.88. The first-order valence-electron chi connectivity index (χ1n) is 5.62. The topological polar surface area (TPSA) is 50.7 Å². The van der Waals surface area contributed by atoms with Crippen LogP contribution in [0.25, 0.3) is 0 Å². The summed E-state index contributed by atoms with van der Waals surface area (Å²) >= 11 is 0. The standard InChI is InChI=1S/C11H25NO3/c1-10(2)7-12-8-11(13)9-15-6-4-5-14-3/h10-13H,4-9H2,1-3H3. The number of aliphatic hydroxyl groups is 1. The van der Waals surface area contributed by atoms with Crippen LogP contribution < -0.4 is 5.32 Å². The fraction of sp³-hybridized carbons (Fsp3) is 1.00. The van der Waals surface area contributed by atoms with Crippen LogP contribution in [0, 0.1) is 5.92 Å². The number of nitrogens with one attached hydrogen (secondary N) is 1. The predicted molar refractivity (Wildman–Crippen MR) is 61.0 cm³/mol. The van der Waals surface area contributed by atoms with Crippen molar-refractivity contribution >= 4 is 0 Å². The lowest BCUT2D eigenvalue weighted by molar-refractivity contribution is 0.0288. The van der Waals surface area contributed by atoms with Gasteiger partial charge in [-0.3, -0.25) is 0 Å². The fourth-order valence-electron chi connectivity index (χ4n) is 1.12. The van der Waals surface area contributed by atoms with Crippen molar-refractivity contribution in [2.45, 2.75) is 26.4 Å². The summed E-state index contributed by atoms with van der Waals surface area (Å²) in [5, 5.41) is 12.7. The summed E-state index contributed by atoms with van der Waals surface area (Å²) in [7, 11) is 1.67. The van der Waals surface area contributed by atoms with E-state index in [4.69, 9.17) is 9.47 Å². The molecule has 0 aromatic rings. The maximum absolute atomic E-state index is 9.50. The van der Waals surface area contributed by atoms with E-state index in [1.165, 1.54) is 0 Å². The molecule has 0 heterocycles. The van der Waals surface area contributed by atoms with Crippen LogP contribution in [0.4, 0.5) is 0 Å². The van der Waals surface area contributed by atoms with Gasteiger partial charge < -0.3 is 19.9 Å². The summed E-state index contributed by atoms with van der Waals surface area (Å²) in [5.41, 5.74) is 0. The molecule has 0 aromatic carbocycles.